The first kappa shape index (κ1) is 9.63. The summed E-state index contributed by atoms with van der Waals surface area (Å²) in [6.45, 7) is 6.60. The molecule has 0 saturated carbocycles. The maximum atomic E-state index is 9.40. The molecule has 1 unspecified atom stereocenters. The molecule has 1 atom stereocenters. The van der Waals surface area contributed by atoms with Crippen molar-refractivity contribution in [1.29, 1.82) is 0 Å². The lowest BCUT2D eigenvalue weighted by Crippen LogP contribution is -2.24. The van der Waals surface area contributed by atoms with Crippen molar-refractivity contribution in [2.24, 2.45) is 4.99 Å². The molecule has 0 saturated heterocycles. The summed E-state index contributed by atoms with van der Waals surface area (Å²) in [6, 6.07) is 0. The zero-order valence-corrected chi connectivity index (χ0v) is 7.09. The van der Waals surface area contributed by atoms with Crippen LogP contribution < -0.4 is 0 Å². The molecular weight excluding hydrogens is 126 g/mol. The fraction of sp³-hybridized carbons (Fsp3) is 0.875. The van der Waals surface area contributed by atoms with Crippen molar-refractivity contribution in [3.8, 4) is 0 Å². The van der Waals surface area contributed by atoms with Gasteiger partial charge in [0.2, 0.25) is 0 Å². The highest BCUT2D eigenvalue weighted by molar-refractivity contribution is 5.67. The third kappa shape index (κ3) is 4.50. The van der Waals surface area contributed by atoms with Crippen LogP contribution in [-0.2, 0) is 0 Å². The maximum Gasteiger partial charge on any atom is 0.0962 e. The Bertz CT molecular complexity index is 108. The Morgan fingerprint density at radius 1 is 1.50 bits per heavy atom. The molecule has 2 nitrogen and oxygen atoms in total. The Kier molecular flexibility index (Phi) is 4.28. The first-order valence-electron chi connectivity index (χ1n) is 3.85. The third-order valence-corrected chi connectivity index (χ3v) is 1.44. The van der Waals surface area contributed by atoms with Gasteiger partial charge in [0.25, 0.3) is 0 Å². The van der Waals surface area contributed by atoms with E-state index in [4.69, 9.17) is 0 Å². The summed E-state index contributed by atoms with van der Waals surface area (Å²) < 4.78 is 0. The zero-order chi connectivity index (χ0) is 8.04. The molecular formula is C8H17NO. The van der Waals surface area contributed by atoms with Crippen LogP contribution in [0, 0.1) is 0 Å². The lowest BCUT2D eigenvalue weighted by molar-refractivity contribution is 0.133. The minimum absolute atomic E-state index is 0.699. The molecule has 0 spiro atoms. The highest BCUT2D eigenvalue weighted by Crippen LogP contribution is 2.03. The van der Waals surface area contributed by atoms with Crippen LogP contribution >= 0.6 is 0 Å². The van der Waals surface area contributed by atoms with E-state index in [1.165, 1.54) is 0 Å². The smallest absolute Gasteiger partial charge is 0.0962 e. The summed E-state index contributed by atoms with van der Waals surface area (Å²) >= 11 is 0. The number of nitrogens with zero attached hydrogens (tertiary/aromatic N) is 1. The molecule has 0 bridgehead atoms. The van der Waals surface area contributed by atoms with Gasteiger partial charge < -0.3 is 5.11 Å². The van der Waals surface area contributed by atoms with E-state index >= 15 is 0 Å². The van der Waals surface area contributed by atoms with Crippen molar-refractivity contribution < 1.29 is 5.11 Å². The molecule has 0 amide bonds. The van der Waals surface area contributed by atoms with Crippen LogP contribution in [0.2, 0.25) is 0 Å². The highest BCUT2D eigenvalue weighted by atomic mass is 16.3. The van der Waals surface area contributed by atoms with E-state index in [1.807, 2.05) is 6.92 Å². The molecule has 60 valence electrons. The molecule has 0 aliphatic heterocycles. The fourth-order valence-electron chi connectivity index (χ4n) is 0.482. The van der Waals surface area contributed by atoms with Crippen molar-refractivity contribution in [3.63, 3.8) is 0 Å². The van der Waals surface area contributed by atoms with Gasteiger partial charge in [-0.15, -0.1) is 0 Å². The van der Waals surface area contributed by atoms with Crippen LogP contribution in [0.25, 0.3) is 0 Å². The quantitative estimate of drug-likeness (QED) is 0.596. The molecule has 0 aromatic rings. The number of rotatable bonds is 4. The van der Waals surface area contributed by atoms with E-state index in [2.05, 4.69) is 11.9 Å². The molecule has 0 aliphatic carbocycles. The van der Waals surface area contributed by atoms with E-state index in [9.17, 15) is 5.11 Å². The maximum absolute atomic E-state index is 9.40. The molecule has 2 heteroatoms. The second kappa shape index (κ2) is 4.45. The molecule has 0 aromatic carbocycles. The van der Waals surface area contributed by atoms with Crippen LogP contribution in [0.5, 0.6) is 0 Å². The molecule has 0 aromatic heterocycles. The second-order valence-electron chi connectivity index (χ2n) is 2.75. The Morgan fingerprint density at radius 2 is 2.10 bits per heavy atom. The van der Waals surface area contributed by atoms with Gasteiger partial charge in [-0.1, -0.05) is 13.8 Å². The monoisotopic (exact) mass is 143 g/mol. The Balaban J connectivity index is 3.63. The summed E-state index contributed by atoms with van der Waals surface area (Å²) in [6.07, 6.45) is 3.40. The first-order valence-corrected chi connectivity index (χ1v) is 3.85. The van der Waals surface area contributed by atoms with Crippen LogP contribution in [-0.4, -0.2) is 23.5 Å². The van der Waals surface area contributed by atoms with Crippen molar-refractivity contribution in [3.05, 3.63) is 0 Å². The summed E-state index contributed by atoms with van der Waals surface area (Å²) in [5.74, 6) is 0. The molecule has 0 aliphatic rings. The van der Waals surface area contributed by atoms with Gasteiger partial charge in [0.1, 0.15) is 0 Å². The van der Waals surface area contributed by atoms with Gasteiger partial charge in [0.15, 0.2) is 0 Å². The van der Waals surface area contributed by atoms with Gasteiger partial charge in [-0.3, -0.25) is 4.99 Å². The van der Waals surface area contributed by atoms with Gasteiger partial charge >= 0.3 is 0 Å². The average Bonchev–Trinajstić information content (AvgIpc) is 1.89. The minimum Gasteiger partial charge on any atom is -0.385 e. The normalized spacial score (nSPS) is 17.6. The van der Waals surface area contributed by atoms with Crippen LogP contribution in [0.3, 0.4) is 0 Å². The van der Waals surface area contributed by atoms with E-state index in [-0.39, 0.29) is 0 Å². The second-order valence-corrected chi connectivity index (χ2v) is 2.75. The van der Waals surface area contributed by atoms with Crippen LogP contribution in [0.4, 0.5) is 0 Å². The van der Waals surface area contributed by atoms with Gasteiger partial charge in [-0.2, -0.15) is 0 Å². The average molecular weight is 143 g/mol. The fourth-order valence-corrected chi connectivity index (χ4v) is 0.482. The van der Waals surface area contributed by atoms with Crippen LogP contribution in [0.15, 0.2) is 4.99 Å². The van der Waals surface area contributed by atoms with E-state index in [1.54, 1.807) is 13.1 Å². The Morgan fingerprint density at radius 3 is 2.50 bits per heavy atom. The predicted octanol–water partition coefficient (Wildman–Crippen LogP) is 1.63. The lowest BCUT2D eigenvalue weighted by Gasteiger charge is -2.13. The van der Waals surface area contributed by atoms with E-state index < -0.39 is 5.60 Å². The zero-order valence-electron chi connectivity index (χ0n) is 7.09. The number of aliphatic hydroxyl groups is 1. The standard InChI is InChI=1S/C8H17NO/c1-4-6-9-7-8(3,10)5-2/h7,10H,4-6H2,1-3H3. The summed E-state index contributed by atoms with van der Waals surface area (Å²) in [5, 5.41) is 9.40. The number of aliphatic imine (C=N–C) groups is 1. The van der Waals surface area contributed by atoms with E-state index in [0.29, 0.717) is 0 Å². The summed E-state index contributed by atoms with van der Waals surface area (Å²) in [7, 11) is 0. The first-order chi connectivity index (χ1) is 4.62. The number of hydrogen-bond acceptors (Lipinski definition) is 2. The number of hydrogen-bond donors (Lipinski definition) is 1. The molecule has 0 rings (SSSR count). The van der Waals surface area contributed by atoms with Crippen molar-refractivity contribution in [2.45, 2.75) is 39.2 Å². The molecule has 0 radical (unpaired) electrons. The van der Waals surface area contributed by atoms with Gasteiger partial charge in [0.05, 0.1) is 5.60 Å². The molecule has 10 heavy (non-hydrogen) atoms. The van der Waals surface area contributed by atoms with Crippen molar-refractivity contribution in [2.75, 3.05) is 6.54 Å². The lowest BCUT2D eigenvalue weighted by atomic mass is 10.1. The minimum atomic E-state index is -0.699. The molecule has 0 fully saturated rings. The van der Waals surface area contributed by atoms with Gasteiger partial charge in [0, 0.05) is 12.8 Å². The summed E-state index contributed by atoms with van der Waals surface area (Å²) in [4.78, 5) is 4.06. The Labute approximate surface area is 63.0 Å². The topological polar surface area (TPSA) is 32.6 Å². The molecule has 0 heterocycles. The van der Waals surface area contributed by atoms with Gasteiger partial charge in [-0.05, 0) is 19.8 Å². The van der Waals surface area contributed by atoms with Crippen molar-refractivity contribution >= 4 is 6.21 Å². The Hall–Kier alpha value is -0.370. The third-order valence-electron chi connectivity index (χ3n) is 1.44. The van der Waals surface area contributed by atoms with E-state index in [0.717, 1.165) is 19.4 Å². The van der Waals surface area contributed by atoms with Gasteiger partial charge in [-0.25, -0.2) is 0 Å². The molecule has 1 N–H and O–H groups in total. The SMILES string of the molecule is CCCN=CC(C)(O)CC. The summed E-state index contributed by atoms with van der Waals surface area (Å²) in [5.41, 5.74) is -0.699. The predicted molar refractivity (Wildman–Crippen MR) is 44.6 cm³/mol. The highest BCUT2D eigenvalue weighted by Gasteiger charge is 2.12. The largest absolute Gasteiger partial charge is 0.385 e. The van der Waals surface area contributed by atoms with Crippen LogP contribution in [0.1, 0.15) is 33.6 Å². The van der Waals surface area contributed by atoms with Crippen molar-refractivity contribution in [1.82, 2.24) is 0 Å².